The van der Waals surface area contributed by atoms with E-state index in [0.29, 0.717) is 57.5 Å². The summed E-state index contributed by atoms with van der Waals surface area (Å²) >= 11 is 1.31. The Morgan fingerprint density at radius 2 is 1.74 bits per heavy atom. The summed E-state index contributed by atoms with van der Waals surface area (Å²) in [6, 6.07) is 20.6. The molecule has 6 rings (SSSR count). The summed E-state index contributed by atoms with van der Waals surface area (Å²) in [5, 5.41) is 11.5. The van der Waals surface area contributed by atoms with E-state index < -0.39 is 6.04 Å². The molecular weight excluding hydrogens is 619 g/mol. The number of amides is 2. The van der Waals surface area contributed by atoms with E-state index >= 15 is 0 Å². The van der Waals surface area contributed by atoms with E-state index in [4.69, 9.17) is 14.6 Å². The number of anilines is 2. The summed E-state index contributed by atoms with van der Waals surface area (Å²) in [7, 11) is 0. The van der Waals surface area contributed by atoms with E-state index in [1.165, 1.54) is 17.8 Å². The highest BCUT2D eigenvalue weighted by Crippen LogP contribution is 2.38. The molecule has 10 nitrogen and oxygen atoms in total. The molecule has 244 valence electrons. The number of likely N-dealkylation sites (tertiary alicyclic amines) is 1. The maximum atomic E-state index is 14.3. The summed E-state index contributed by atoms with van der Waals surface area (Å²) in [5.41, 5.74) is 2.91. The minimum absolute atomic E-state index is 0.0235. The molecule has 1 atom stereocenters. The monoisotopic (exact) mass is 656 g/mol. The van der Waals surface area contributed by atoms with Gasteiger partial charge in [-0.3, -0.25) is 9.59 Å². The van der Waals surface area contributed by atoms with Crippen molar-refractivity contribution < 1.29 is 23.5 Å². The summed E-state index contributed by atoms with van der Waals surface area (Å²) < 4.78 is 27.6. The number of thioether (sulfide) groups is 1. The number of nitrogens with one attached hydrogen (secondary N) is 2. The number of para-hydroxylation sites is 2. The summed E-state index contributed by atoms with van der Waals surface area (Å²) in [6.07, 6.45) is 3.18. The lowest BCUT2D eigenvalue weighted by molar-refractivity contribution is -0.134. The van der Waals surface area contributed by atoms with Crippen LogP contribution in [0.1, 0.15) is 50.3 Å². The molecule has 1 unspecified atom stereocenters. The molecule has 12 heteroatoms. The third-order valence-corrected chi connectivity index (χ3v) is 8.98. The largest absolute Gasteiger partial charge is 0.492 e. The molecule has 0 aliphatic carbocycles. The van der Waals surface area contributed by atoms with Gasteiger partial charge in [-0.25, -0.2) is 9.07 Å². The fraction of sp³-hybridized carbons (Fsp3) is 0.314. The molecule has 0 radical (unpaired) electrons. The van der Waals surface area contributed by atoms with Crippen molar-refractivity contribution in [2.24, 2.45) is 0 Å². The number of nitrogens with zero attached hydrogens (tertiary/aromatic N) is 4. The number of allylic oxidation sites excluding steroid dienone is 1. The molecule has 0 saturated carbocycles. The number of benzene rings is 3. The second-order valence-corrected chi connectivity index (χ2v) is 12.2. The van der Waals surface area contributed by atoms with Crippen LogP contribution in [0.5, 0.6) is 11.5 Å². The molecule has 1 saturated heterocycles. The van der Waals surface area contributed by atoms with Crippen molar-refractivity contribution in [1.29, 1.82) is 0 Å². The number of fused-ring (bicyclic) bond motifs is 1. The van der Waals surface area contributed by atoms with Crippen molar-refractivity contribution in [3.8, 4) is 11.5 Å². The van der Waals surface area contributed by atoms with Crippen LogP contribution in [-0.4, -0.2) is 57.8 Å². The second-order valence-electron chi connectivity index (χ2n) is 11.3. The van der Waals surface area contributed by atoms with Gasteiger partial charge in [0, 0.05) is 24.5 Å². The van der Waals surface area contributed by atoms with E-state index in [0.717, 1.165) is 37.9 Å². The van der Waals surface area contributed by atoms with Crippen LogP contribution in [-0.2, 0) is 15.3 Å². The standard InChI is InChI=1S/C35H37FN6O4S/c1-3-45-29-14-8-7-13-28(29)38-33(44)31-23(2)37-34-39-35(47-22-25-11-5-6-12-27(25)36)40-42(34)32(31)24-15-17-26(18-16-24)46-21-30(43)41-19-9-4-10-20-41/h5-8,11-18,32H,3-4,9-10,19-22H2,1-2H3,(H,38,44)(H,37,39,40). The van der Waals surface area contributed by atoms with Crippen LogP contribution in [0.15, 0.2) is 89.2 Å². The van der Waals surface area contributed by atoms with Crippen molar-refractivity contribution in [3.63, 3.8) is 0 Å². The average molecular weight is 657 g/mol. The van der Waals surface area contributed by atoms with Gasteiger partial charge in [0.05, 0.1) is 17.9 Å². The number of ether oxygens (including phenoxy) is 2. The van der Waals surface area contributed by atoms with Gasteiger partial charge in [-0.1, -0.05) is 54.2 Å². The molecule has 4 aromatic rings. The van der Waals surface area contributed by atoms with E-state index in [1.807, 2.05) is 43.0 Å². The van der Waals surface area contributed by atoms with Crippen molar-refractivity contribution >= 4 is 35.2 Å². The van der Waals surface area contributed by atoms with E-state index in [2.05, 4.69) is 15.6 Å². The zero-order valence-corrected chi connectivity index (χ0v) is 27.2. The Labute approximate surface area is 277 Å². The number of halogens is 1. The van der Waals surface area contributed by atoms with Gasteiger partial charge in [-0.2, -0.15) is 4.98 Å². The van der Waals surface area contributed by atoms with Gasteiger partial charge in [-0.15, -0.1) is 5.10 Å². The number of carbonyl (C=O) groups excluding carboxylic acids is 2. The zero-order valence-electron chi connectivity index (χ0n) is 26.4. The van der Waals surface area contributed by atoms with Gasteiger partial charge < -0.3 is 25.0 Å². The molecule has 2 aliphatic rings. The van der Waals surface area contributed by atoms with Gasteiger partial charge in [-0.05, 0) is 74.6 Å². The first-order chi connectivity index (χ1) is 22.9. The fourth-order valence-corrected chi connectivity index (χ4v) is 6.53. The summed E-state index contributed by atoms with van der Waals surface area (Å²) in [4.78, 5) is 33.2. The van der Waals surface area contributed by atoms with Crippen LogP contribution in [0.25, 0.3) is 0 Å². The van der Waals surface area contributed by atoms with Crippen molar-refractivity contribution in [2.45, 2.75) is 50.1 Å². The highest BCUT2D eigenvalue weighted by atomic mass is 32.2. The first-order valence-corrected chi connectivity index (χ1v) is 16.7. The molecule has 47 heavy (non-hydrogen) atoms. The van der Waals surface area contributed by atoms with Gasteiger partial charge >= 0.3 is 0 Å². The van der Waals surface area contributed by atoms with Gasteiger partial charge in [0.15, 0.2) is 6.61 Å². The predicted molar refractivity (Wildman–Crippen MR) is 179 cm³/mol. The Bertz CT molecular complexity index is 1770. The summed E-state index contributed by atoms with van der Waals surface area (Å²) in [5.74, 6) is 1.27. The lowest BCUT2D eigenvalue weighted by Crippen LogP contribution is -2.38. The molecule has 3 heterocycles. The Kier molecular flexibility index (Phi) is 10.1. The SMILES string of the molecule is CCOc1ccccc1NC(=O)C1=C(C)Nc2nc(SCc3ccccc3F)nn2C1c1ccc(OCC(=O)N2CCCCC2)cc1. The van der Waals surface area contributed by atoms with Crippen molar-refractivity contribution in [1.82, 2.24) is 19.7 Å². The normalized spacial score (nSPS) is 15.9. The highest BCUT2D eigenvalue weighted by molar-refractivity contribution is 7.98. The smallest absolute Gasteiger partial charge is 0.260 e. The maximum Gasteiger partial charge on any atom is 0.260 e. The number of carbonyl (C=O) groups is 2. The van der Waals surface area contributed by atoms with E-state index in [-0.39, 0.29) is 24.2 Å². The molecule has 1 fully saturated rings. The number of aromatic nitrogens is 3. The first-order valence-electron chi connectivity index (χ1n) is 15.8. The van der Waals surface area contributed by atoms with Crippen LogP contribution in [0, 0.1) is 5.82 Å². The highest BCUT2D eigenvalue weighted by Gasteiger charge is 2.35. The molecule has 0 spiro atoms. The molecule has 0 bridgehead atoms. The average Bonchev–Trinajstić information content (AvgIpc) is 3.50. The Morgan fingerprint density at radius 1 is 1.00 bits per heavy atom. The molecule has 3 aromatic carbocycles. The van der Waals surface area contributed by atoms with Crippen LogP contribution < -0.4 is 20.1 Å². The van der Waals surface area contributed by atoms with E-state index in [1.54, 1.807) is 47.1 Å². The van der Waals surface area contributed by atoms with Crippen LogP contribution in [0.4, 0.5) is 16.0 Å². The number of hydrogen-bond donors (Lipinski definition) is 2. The Balaban J connectivity index is 1.27. The van der Waals surface area contributed by atoms with Crippen LogP contribution >= 0.6 is 11.8 Å². The Morgan fingerprint density at radius 3 is 2.51 bits per heavy atom. The lowest BCUT2D eigenvalue weighted by atomic mass is 9.95. The molecular formula is C35H37FN6O4S. The molecule has 2 amide bonds. The number of hydrogen-bond acceptors (Lipinski definition) is 8. The number of piperidine rings is 1. The zero-order chi connectivity index (χ0) is 32.8. The fourth-order valence-electron chi connectivity index (χ4n) is 5.72. The minimum Gasteiger partial charge on any atom is -0.492 e. The summed E-state index contributed by atoms with van der Waals surface area (Å²) in [6.45, 7) is 5.66. The van der Waals surface area contributed by atoms with Crippen molar-refractivity contribution in [3.05, 3.63) is 101 Å². The van der Waals surface area contributed by atoms with Crippen LogP contribution in [0.2, 0.25) is 0 Å². The first kappa shape index (κ1) is 32.1. The minimum atomic E-state index is -0.648. The third kappa shape index (κ3) is 7.43. The van der Waals surface area contributed by atoms with Gasteiger partial charge in [0.25, 0.3) is 11.8 Å². The molecule has 2 aliphatic heterocycles. The van der Waals surface area contributed by atoms with Gasteiger partial charge in [0.1, 0.15) is 23.4 Å². The van der Waals surface area contributed by atoms with Gasteiger partial charge in [0.2, 0.25) is 11.1 Å². The predicted octanol–water partition coefficient (Wildman–Crippen LogP) is 6.43. The van der Waals surface area contributed by atoms with Crippen molar-refractivity contribution in [2.75, 3.05) is 36.9 Å². The number of rotatable bonds is 11. The molecule has 1 aromatic heterocycles. The topological polar surface area (TPSA) is 111 Å². The second kappa shape index (κ2) is 14.7. The van der Waals surface area contributed by atoms with Crippen LogP contribution in [0.3, 0.4) is 0 Å². The quantitative estimate of drug-likeness (QED) is 0.178. The Hall–Kier alpha value is -4.84. The molecule has 2 N–H and O–H groups in total. The third-order valence-electron chi connectivity index (χ3n) is 8.09. The van der Waals surface area contributed by atoms with E-state index in [9.17, 15) is 14.0 Å². The maximum absolute atomic E-state index is 14.3. The lowest BCUT2D eigenvalue weighted by Gasteiger charge is -2.29.